The van der Waals surface area contributed by atoms with Crippen molar-refractivity contribution in [3.05, 3.63) is 35.1 Å². The molecule has 1 aliphatic rings. The van der Waals surface area contributed by atoms with E-state index in [1.165, 1.54) is 0 Å². The maximum absolute atomic E-state index is 8.95. The quantitative estimate of drug-likeness (QED) is 0.551. The Morgan fingerprint density at radius 3 is 2.67 bits per heavy atom. The Balaban J connectivity index is 2.86. The summed E-state index contributed by atoms with van der Waals surface area (Å²) in [7, 11) is 0. The molecule has 0 aromatic carbocycles. The molecule has 0 aromatic rings. The van der Waals surface area contributed by atoms with Crippen LogP contribution >= 0.6 is 11.6 Å². The molecular weight excluding hydrogens is 136 g/mol. The second-order valence-electron chi connectivity index (χ2n) is 1.95. The Morgan fingerprint density at radius 2 is 2.22 bits per heavy atom. The first-order valence-electron chi connectivity index (χ1n) is 2.63. The lowest BCUT2D eigenvalue weighted by molar-refractivity contribution is 0.420. The summed E-state index contributed by atoms with van der Waals surface area (Å²) in [6.45, 7) is 3.60. The van der Waals surface area contributed by atoms with Crippen LogP contribution in [0.4, 0.5) is 0 Å². The molecule has 0 heterocycles. The van der Waals surface area contributed by atoms with E-state index in [-0.39, 0.29) is 5.76 Å². The molecule has 0 atom stereocenters. The summed E-state index contributed by atoms with van der Waals surface area (Å²) in [5, 5.41) is 9.67. The zero-order chi connectivity index (χ0) is 6.85. The van der Waals surface area contributed by atoms with E-state index in [0.29, 0.717) is 12.0 Å². The van der Waals surface area contributed by atoms with Crippen LogP contribution in [-0.4, -0.2) is 5.11 Å². The SMILES string of the molecule is C=C1CC(Cl)=CC=C1O. The third kappa shape index (κ3) is 1.36. The molecule has 0 unspecified atom stereocenters. The number of rotatable bonds is 0. The predicted octanol–water partition coefficient (Wildman–Crippen LogP) is 2.51. The zero-order valence-electron chi connectivity index (χ0n) is 4.89. The van der Waals surface area contributed by atoms with Crippen molar-refractivity contribution in [2.75, 3.05) is 0 Å². The molecule has 0 saturated heterocycles. The third-order valence-electron chi connectivity index (χ3n) is 1.17. The van der Waals surface area contributed by atoms with Crippen molar-refractivity contribution < 1.29 is 5.11 Å². The van der Waals surface area contributed by atoms with Crippen LogP contribution in [0.3, 0.4) is 0 Å². The van der Waals surface area contributed by atoms with Gasteiger partial charge in [0.15, 0.2) is 0 Å². The molecular formula is C7H7ClO. The van der Waals surface area contributed by atoms with Gasteiger partial charge in [0, 0.05) is 11.5 Å². The first-order chi connectivity index (χ1) is 4.20. The number of aliphatic hydroxyl groups excluding tert-OH is 1. The van der Waals surface area contributed by atoms with Gasteiger partial charge in [-0.3, -0.25) is 0 Å². The van der Waals surface area contributed by atoms with Crippen LogP contribution in [0.2, 0.25) is 0 Å². The average molecular weight is 143 g/mol. The van der Waals surface area contributed by atoms with E-state index in [0.717, 1.165) is 5.03 Å². The standard InChI is InChI=1S/C7H7ClO/c1-5-4-6(8)2-3-7(5)9/h2-3,9H,1,4H2. The normalized spacial score (nSPS) is 19.0. The molecule has 0 radical (unpaired) electrons. The second-order valence-corrected chi connectivity index (χ2v) is 2.43. The summed E-state index contributed by atoms with van der Waals surface area (Å²) >= 11 is 5.62. The Kier molecular flexibility index (Phi) is 1.63. The van der Waals surface area contributed by atoms with Gasteiger partial charge >= 0.3 is 0 Å². The first-order valence-corrected chi connectivity index (χ1v) is 3.01. The van der Waals surface area contributed by atoms with Gasteiger partial charge in [-0.2, -0.15) is 0 Å². The van der Waals surface area contributed by atoms with Crippen LogP contribution in [0.25, 0.3) is 0 Å². The molecule has 0 amide bonds. The maximum atomic E-state index is 8.95. The fourth-order valence-corrected chi connectivity index (χ4v) is 0.865. The van der Waals surface area contributed by atoms with Crippen molar-refractivity contribution in [1.29, 1.82) is 0 Å². The Morgan fingerprint density at radius 1 is 1.56 bits per heavy atom. The lowest BCUT2D eigenvalue weighted by atomic mass is 10.1. The van der Waals surface area contributed by atoms with Crippen LogP contribution in [0.5, 0.6) is 0 Å². The van der Waals surface area contributed by atoms with Gasteiger partial charge < -0.3 is 5.11 Å². The molecule has 0 saturated carbocycles. The minimum absolute atomic E-state index is 0.236. The topological polar surface area (TPSA) is 20.2 Å². The summed E-state index contributed by atoms with van der Waals surface area (Å²) in [6.07, 6.45) is 3.80. The van der Waals surface area contributed by atoms with Gasteiger partial charge in [-0.1, -0.05) is 18.2 Å². The Labute approximate surface area is 59.0 Å². The summed E-state index contributed by atoms with van der Waals surface area (Å²) in [5.41, 5.74) is 0.683. The fourth-order valence-electron chi connectivity index (χ4n) is 0.641. The molecule has 1 rings (SSSR count). The molecule has 1 N–H and O–H groups in total. The summed E-state index contributed by atoms with van der Waals surface area (Å²) in [5.74, 6) is 0.236. The molecule has 1 nitrogen and oxygen atoms in total. The zero-order valence-corrected chi connectivity index (χ0v) is 5.65. The summed E-state index contributed by atoms with van der Waals surface area (Å²) in [4.78, 5) is 0. The van der Waals surface area contributed by atoms with Gasteiger partial charge in [-0.25, -0.2) is 0 Å². The smallest absolute Gasteiger partial charge is 0.118 e. The first kappa shape index (κ1) is 6.43. The average Bonchev–Trinajstić information content (AvgIpc) is 1.80. The van der Waals surface area contributed by atoms with E-state index in [1.54, 1.807) is 12.2 Å². The lowest BCUT2D eigenvalue weighted by Gasteiger charge is -2.06. The van der Waals surface area contributed by atoms with Crippen LogP contribution in [0.1, 0.15) is 6.42 Å². The van der Waals surface area contributed by atoms with E-state index < -0.39 is 0 Å². The molecule has 0 fully saturated rings. The van der Waals surface area contributed by atoms with E-state index in [9.17, 15) is 0 Å². The summed E-state index contributed by atoms with van der Waals surface area (Å²) < 4.78 is 0. The lowest BCUT2D eigenvalue weighted by Crippen LogP contribution is -1.91. The highest BCUT2D eigenvalue weighted by Gasteiger charge is 2.05. The van der Waals surface area contributed by atoms with Gasteiger partial charge in [0.1, 0.15) is 5.76 Å². The third-order valence-corrected chi connectivity index (χ3v) is 1.43. The van der Waals surface area contributed by atoms with Crippen molar-refractivity contribution in [2.45, 2.75) is 6.42 Å². The highest BCUT2D eigenvalue weighted by Crippen LogP contribution is 2.22. The minimum atomic E-state index is 0.236. The van der Waals surface area contributed by atoms with E-state index in [4.69, 9.17) is 16.7 Å². The van der Waals surface area contributed by atoms with E-state index in [2.05, 4.69) is 6.58 Å². The number of allylic oxidation sites excluding steroid dienone is 4. The molecule has 9 heavy (non-hydrogen) atoms. The molecule has 0 aliphatic heterocycles. The van der Waals surface area contributed by atoms with Crippen molar-refractivity contribution >= 4 is 11.6 Å². The van der Waals surface area contributed by atoms with Crippen molar-refractivity contribution in [1.82, 2.24) is 0 Å². The fraction of sp³-hybridized carbons (Fsp3) is 0.143. The highest BCUT2D eigenvalue weighted by molar-refractivity contribution is 6.30. The Hall–Kier alpha value is -0.690. The molecule has 0 aromatic heterocycles. The van der Waals surface area contributed by atoms with E-state index in [1.807, 2.05) is 0 Å². The number of aliphatic hydroxyl groups is 1. The number of hydrogen-bond acceptors (Lipinski definition) is 1. The molecule has 2 heteroatoms. The van der Waals surface area contributed by atoms with E-state index >= 15 is 0 Å². The largest absolute Gasteiger partial charge is 0.508 e. The van der Waals surface area contributed by atoms with Gasteiger partial charge in [-0.05, 0) is 17.7 Å². The predicted molar refractivity (Wildman–Crippen MR) is 38.4 cm³/mol. The second kappa shape index (κ2) is 2.28. The molecule has 1 aliphatic carbocycles. The van der Waals surface area contributed by atoms with Crippen molar-refractivity contribution in [2.24, 2.45) is 0 Å². The van der Waals surface area contributed by atoms with Gasteiger partial charge in [-0.15, -0.1) is 0 Å². The van der Waals surface area contributed by atoms with Gasteiger partial charge in [0.2, 0.25) is 0 Å². The number of halogens is 1. The van der Waals surface area contributed by atoms with Crippen LogP contribution < -0.4 is 0 Å². The minimum Gasteiger partial charge on any atom is -0.508 e. The molecule has 48 valence electrons. The van der Waals surface area contributed by atoms with Crippen LogP contribution in [0.15, 0.2) is 35.1 Å². The van der Waals surface area contributed by atoms with Gasteiger partial charge in [0.25, 0.3) is 0 Å². The van der Waals surface area contributed by atoms with Crippen molar-refractivity contribution in [3.63, 3.8) is 0 Å². The number of hydrogen-bond donors (Lipinski definition) is 1. The highest BCUT2D eigenvalue weighted by atomic mass is 35.5. The van der Waals surface area contributed by atoms with Crippen LogP contribution in [0, 0.1) is 0 Å². The monoisotopic (exact) mass is 142 g/mol. The molecule has 0 spiro atoms. The van der Waals surface area contributed by atoms with Crippen LogP contribution in [-0.2, 0) is 0 Å². The van der Waals surface area contributed by atoms with Gasteiger partial charge in [0.05, 0.1) is 0 Å². The maximum Gasteiger partial charge on any atom is 0.118 e. The van der Waals surface area contributed by atoms with Crippen molar-refractivity contribution in [3.8, 4) is 0 Å². The Bertz CT molecular complexity index is 201. The molecule has 0 bridgehead atoms. The summed E-state index contributed by atoms with van der Waals surface area (Å²) in [6, 6.07) is 0.